The predicted octanol–water partition coefficient (Wildman–Crippen LogP) is 10.5. The molecule has 0 saturated carbocycles. The van der Waals surface area contributed by atoms with Crippen molar-refractivity contribution < 1.29 is 38.0 Å². The zero-order valence-corrected chi connectivity index (χ0v) is 37.5. The highest BCUT2D eigenvalue weighted by Gasteiger charge is 2.23. The smallest absolute Gasteiger partial charge is 0.268 e. The summed E-state index contributed by atoms with van der Waals surface area (Å²) in [5, 5.41) is 24.0. The van der Waals surface area contributed by atoms with Crippen molar-refractivity contribution in [3.63, 3.8) is 0 Å². The van der Waals surface area contributed by atoms with Gasteiger partial charge in [0.2, 0.25) is 5.91 Å². The fourth-order valence-electron chi connectivity index (χ4n) is 5.67. The molecule has 4 atom stereocenters. The van der Waals surface area contributed by atoms with Gasteiger partial charge in [0.1, 0.15) is 13.2 Å². The summed E-state index contributed by atoms with van der Waals surface area (Å²) in [5.41, 5.74) is 0. The van der Waals surface area contributed by atoms with Gasteiger partial charge in [-0.05, 0) is 51.4 Å². The fourth-order valence-corrected chi connectivity index (χ4v) is 6.39. The summed E-state index contributed by atoms with van der Waals surface area (Å²) >= 11 is 0. The highest BCUT2D eigenvalue weighted by atomic mass is 31.2. The number of phosphoric acid groups is 1. The Morgan fingerprint density at radius 2 is 1.19 bits per heavy atom. The van der Waals surface area contributed by atoms with Gasteiger partial charge in [-0.1, -0.05) is 176 Å². The van der Waals surface area contributed by atoms with Crippen LogP contribution in [0.15, 0.2) is 85.1 Å². The van der Waals surface area contributed by atoms with E-state index in [4.69, 9.17) is 9.05 Å². The van der Waals surface area contributed by atoms with Crippen LogP contribution < -0.4 is 10.2 Å². The van der Waals surface area contributed by atoms with Crippen molar-refractivity contribution in [2.45, 2.75) is 167 Å². The van der Waals surface area contributed by atoms with E-state index in [1.807, 2.05) is 39.4 Å². The molecule has 9 nitrogen and oxygen atoms in total. The van der Waals surface area contributed by atoms with Crippen molar-refractivity contribution in [3.05, 3.63) is 85.1 Å². The maximum Gasteiger partial charge on any atom is 0.268 e. The average Bonchev–Trinajstić information content (AvgIpc) is 3.16. The van der Waals surface area contributed by atoms with Gasteiger partial charge in [-0.25, -0.2) is 0 Å². The normalized spacial score (nSPS) is 15.7. The number of phosphoric ester groups is 1. The average molecular weight is 819 g/mol. The monoisotopic (exact) mass is 819 g/mol. The fraction of sp³-hybridized carbons (Fsp3) is 0.681. The van der Waals surface area contributed by atoms with E-state index in [-0.39, 0.29) is 19.4 Å². The molecule has 0 aromatic heterocycles. The molecule has 2 unspecified atom stereocenters. The molecule has 0 aliphatic heterocycles. The van der Waals surface area contributed by atoms with E-state index in [1.54, 1.807) is 18.2 Å². The van der Waals surface area contributed by atoms with Crippen LogP contribution in [0.2, 0.25) is 0 Å². The summed E-state index contributed by atoms with van der Waals surface area (Å²) in [4.78, 5) is 25.3. The molecule has 0 fully saturated rings. The van der Waals surface area contributed by atoms with Gasteiger partial charge in [-0.15, -0.1) is 0 Å². The van der Waals surface area contributed by atoms with Crippen molar-refractivity contribution in [2.75, 3.05) is 40.9 Å². The van der Waals surface area contributed by atoms with Gasteiger partial charge < -0.3 is 34.0 Å². The van der Waals surface area contributed by atoms with Crippen LogP contribution in [-0.4, -0.2) is 79.8 Å². The van der Waals surface area contributed by atoms with Crippen LogP contribution >= 0.6 is 7.82 Å². The molecule has 0 bridgehead atoms. The van der Waals surface area contributed by atoms with Crippen molar-refractivity contribution in [1.82, 2.24) is 5.32 Å². The lowest BCUT2D eigenvalue weighted by atomic mass is 10.0. The van der Waals surface area contributed by atoms with E-state index < -0.39 is 38.6 Å². The van der Waals surface area contributed by atoms with Crippen LogP contribution in [0.5, 0.6) is 0 Å². The number of aliphatic hydroxyl groups is 2. The highest BCUT2D eigenvalue weighted by Crippen LogP contribution is 2.38. The van der Waals surface area contributed by atoms with Gasteiger partial charge in [0.05, 0.1) is 46.0 Å². The van der Waals surface area contributed by atoms with E-state index in [0.717, 1.165) is 51.4 Å². The number of quaternary nitrogens is 1. The quantitative estimate of drug-likeness (QED) is 0.0186. The van der Waals surface area contributed by atoms with Gasteiger partial charge in [0, 0.05) is 6.42 Å². The second-order valence-electron chi connectivity index (χ2n) is 15.9. The molecule has 0 aromatic carbocycles. The molecule has 1 amide bonds. The number of hydrogen-bond acceptors (Lipinski definition) is 7. The number of carbonyl (C=O) groups excluding carboxylic acids is 1. The first-order valence-electron chi connectivity index (χ1n) is 22.1. The number of nitrogens with one attached hydrogen (secondary N) is 1. The summed E-state index contributed by atoms with van der Waals surface area (Å²) in [6.07, 6.45) is 48.1. The Hall–Kier alpha value is -2.36. The number of carbonyl (C=O) groups is 1. The lowest BCUT2D eigenvalue weighted by Crippen LogP contribution is -2.46. The van der Waals surface area contributed by atoms with Crippen molar-refractivity contribution in [2.24, 2.45) is 0 Å². The number of nitrogens with zero attached hydrogens (tertiary/aromatic N) is 1. The third kappa shape index (κ3) is 40.2. The number of amides is 1. The van der Waals surface area contributed by atoms with Crippen molar-refractivity contribution in [3.8, 4) is 0 Å². The maximum atomic E-state index is 12.9. The highest BCUT2D eigenvalue weighted by molar-refractivity contribution is 7.45. The SMILES string of the molecule is CC/C=C\C/C=C\C/C=C\C/C=C\C/C=C\C=C/C(O)CCC(=O)N[C@@H](COP(=O)([O-])OCC[N+](C)(C)C)[C@H](O)/C=C/CCCCCCCCCCCCCCC. The van der Waals surface area contributed by atoms with Gasteiger partial charge in [0.25, 0.3) is 7.82 Å². The molecule has 0 saturated heterocycles. The number of rotatable bonds is 38. The Morgan fingerprint density at radius 1 is 0.684 bits per heavy atom. The summed E-state index contributed by atoms with van der Waals surface area (Å²) in [5.74, 6) is -0.429. The molecule has 328 valence electrons. The summed E-state index contributed by atoms with van der Waals surface area (Å²) in [6, 6.07) is -1.02. The summed E-state index contributed by atoms with van der Waals surface area (Å²) in [7, 11) is 1.10. The van der Waals surface area contributed by atoms with Crippen LogP contribution in [0, 0.1) is 0 Å². The number of hydrogen-bond donors (Lipinski definition) is 3. The predicted molar refractivity (Wildman–Crippen MR) is 239 cm³/mol. The molecule has 0 rings (SSSR count). The zero-order chi connectivity index (χ0) is 42.3. The first-order chi connectivity index (χ1) is 27.4. The number of aliphatic hydroxyl groups excluding tert-OH is 2. The van der Waals surface area contributed by atoms with E-state index in [9.17, 15) is 24.5 Å². The topological polar surface area (TPSA) is 128 Å². The molecular weight excluding hydrogens is 735 g/mol. The standard InChI is InChI=1S/C47H83N2O7P/c1-6-8-10-12-14-16-18-20-22-24-25-27-29-31-33-35-37-44(50)39-40-47(52)48-45(43-56-57(53,54)55-42-41-49(3,4)5)46(51)38-36-34-32-30-28-26-23-21-19-17-15-13-11-9-7-2/h8,10,14,16,20,22,25,27,31,33,35-38,44-46,50-51H,6-7,9,11-13,15,17-19,21,23-24,26,28-30,32,34,39-43H2,1-5H3,(H-,48,52,53,54)/b10-8-,16-14-,22-20-,27-25-,33-31-,37-35-,38-36+/t44?,45-,46+/m0/s1. The maximum absolute atomic E-state index is 12.9. The number of allylic oxidation sites excluding steroid dienone is 12. The minimum atomic E-state index is -4.66. The zero-order valence-electron chi connectivity index (χ0n) is 36.6. The molecule has 0 aliphatic rings. The number of likely N-dealkylation sites (N-methyl/N-ethyl adjacent to an activating group) is 1. The Bertz CT molecular complexity index is 1220. The minimum Gasteiger partial charge on any atom is -0.756 e. The number of unbranched alkanes of at least 4 members (excludes halogenated alkanes) is 13. The van der Waals surface area contributed by atoms with Crippen LogP contribution in [-0.2, 0) is 18.4 Å². The van der Waals surface area contributed by atoms with E-state index in [0.29, 0.717) is 11.0 Å². The van der Waals surface area contributed by atoms with E-state index in [1.165, 1.54) is 70.6 Å². The van der Waals surface area contributed by atoms with Gasteiger partial charge in [-0.3, -0.25) is 9.36 Å². The van der Waals surface area contributed by atoms with E-state index in [2.05, 4.69) is 67.8 Å². The minimum absolute atomic E-state index is 0.0158. The van der Waals surface area contributed by atoms with Crippen LogP contribution in [0.25, 0.3) is 0 Å². The van der Waals surface area contributed by atoms with Crippen molar-refractivity contribution >= 4 is 13.7 Å². The Labute approximate surface area is 349 Å². The lowest BCUT2D eigenvalue weighted by Gasteiger charge is -2.29. The largest absolute Gasteiger partial charge is 0.756 e. The molecule has 57 heavy (non-hydrogen) atoms. The third-order valence-electron chi connectivity index (χ3n) is 9.23. The Balaban J connectivity index is 4.71. The Morgan fingerprint density at radius 3 is 1.72 bits per heavy atom. The Kier molecular flexibility index (Phi) is 36.3. The van der Waals surface area contributed by atoms with Crippen LogP contribution in [0.1, 0.15) is 149 Å². The molecule has 10 heteroatoms. The van der Waals surface area contributed by atoms with Gasteiger partial charge >= 0.3 is 0 Å². The molecule has 0 radical (unpaired) electrons. The van der Waals surface area contributed by atoms with Crippen LogP contribution in [0.4, 0.5) is 0 Å². The van der Waals surface area contributed by atoms with Crippen molar-refractivity contribution in [1.29, 1.82) is 0 Å². The summed E-state index contributed by atoms with van der Waals surface area (Å²) in [6.45, 7) is 4.32. The first-order valence-corrected chi connectivity index (χ1v) is 23.5. The lowest BCUT2D eigenvalue weighted by molar-refractivity contribution is -0.870. The molecule has 0 aromatic rings. The molecule has 0 spiro atoms. The van der Waals surface area contributed by atoms with Crippen LogP contribution in [0.3, 0.4) is 0 Å². The van der Waals surface area contributed by atoms with E-state index >= 15 is 0 Å². The second kappa shape index (κ2) is 37.9. The van der Waals surface area contributed by atoms with Gasteiger partial charge in [0.15, 0.2) is 0 Å². The molecule has 0 heterocycles. The molecular formula is C47H83N2O7P. The molecule has 0 aliphatic carbocycles. The summed E-state index contributed by atoms with van der Waals surface area (Å²) < 4.78 is 23.1. The van der Waals surface area contributed by atoms with Gasteiger partial charge in [-0.2, -0.15) is 0 Å². The first kappa shape index (κ1) is 54.6. The molecule has 3 N–H and O–H groups in total. The second-order valence-corrected chi connectivity index (χ2v) is 17.3. The third-order valence-corrected chi connectivity index (χ3v) is 10.2.